The third-order valence-electron chi connectivity index (χ3n) is 2.64. The van der Waals surface area contributed by atoms with E-state index in [1.807, 2.05) is 0 Å². The minimum absolute atomic E-state index is 0.0394. The second-order valence-corrected chi connectivity index (χ2v) is 4.85. The van der Waals surface area contributed by atoms with Crippen molar-refractivity contribution in [3.8, 4) is 11.5 Å². The van der Waals surface area contributed by atoms with Crippen LogP contribution in [0.25, 0.3) is 0 Å². The van der Waals surface area contributed by atoms with Gasteiger partial charge in [0.2, 0.25) is 5.82 Å². The minimum atomic E-state index is -1.54. The fraction of sp³-hybridized carbons (Fsp3) is 0.0714. The Kier molecular flexibility index (Phi) is 4.83. The number of hydrogen-bond acceptors (Lipinski definition) is 3. The van der Waals surface area contributed by atoms with E-state index in [0.717, 1.165) is 7.11 Å². The van der Waals surface area contributed by atoms with Gasteiger partial charge in [-0.15, -0.1) is 0 Å². The summed E-state index contributed by atoms with van der Waals surface area (Å²) in [5.41, 5.74) is -0.818. The highest BCUT2D eigenvalue weighted by Crippen LogP contribution is 2.29. The van der Waals surface area contributed by atoms with Gasteiger partial charge in [-0.05, 0) is 18.2 Å². The van der Waals surface area contributed by atoms with Gasteiger partial charge in [-0.25, -0.2) is 13.6 Å². The molecule has 2 aromatic carbocycles. The molecule has 0 aliphatic heterocycles. The minimum Gasteiger partial charge on any atom is -0.491 e. The van der Waals surface area contributed by atoms with Crippen LogP contribution in [0.3, 0.4) is 0 Å². The monoisotopic (exact) mass is 350 g/mol. The maximum Gasteiger partial charge on any atom is 0.346 e. The third-order valence-corrected chi connectivity index (χ3v) is 3.38. The SMILES string of the molecule is COc1c(F)c(F)cc(C(=O)Oc2ccc(Cl)c(Cl)c2)c1F. The van der Waals surface area contributed by atoms with Crippen LogP contribution in [0.4, 0.5) is 13.2 Å². The lowest BCUT2D eigenvalue weighted by Gasteiger charge is -2.10. The van der Waals surface area contributed by atoms with E-state index in [-0.39, 0.29) is 15.8 Å². The standard InChI is InChI=1S/C14H7Cl2F3O3/c1-21-13-11(18)7(5-10(17)12(13)19)14(20)22-6-2-3-8(15)9(16)4-6/h2-5H,1H3. The molecule has 0 amide bonds. The van der Waals surface area contributed by atoms with Crippen molar-refractivity contribution in [2.24, 2.45) is 0 Å². The summed E-state index contributed by atoms with van der Waals surface area (Å²) in [6.07, 6.45) is 0. The molecule has 0 unspecified atom stereocenters. The van der Waals surface area contributed by atoms with Crippen LogP contribution < -0.4 is 9.47 Å². The molecule has 22 heavy (non-hydrogen) atoms. The first-order chi connectivity index (χ1) is 10.3. The summed E-state index contributed by atoms with van der Waals surface area (Å²) >= 11 is 11.4. The van der Waals surface area contributed by atoms with Gasteiger partial charge >= 0.3 is 5.97 Å². The normalized spacial score (nSPS) is 10.5. The highest BCUT2D eigenvalue weighted by molar-refractivity contribution is 6.42. The molecule has 0 aromatic heterocycles. The van der Waals surface area contributed by atoms with E-state index in [0.29, 0.717) is 6.07 Å². The first kappa shape index (κ1) is 16.5. The predicted octanol–water partition coefficient (Wildman–Crippen LogP) is 4.64. The van der Waals surface area contributed by atoms with E-state index in [4.69, 9.17) is 27.9 Å². The van der Waals surface area contributed by atoms with E-state index in [1.54, 1.807) is 0 Å². The molecule has 0 saturated carbocycles. The Balaban J connectivity index is 2.37. The maximum absolute atomic E-state index is 13.9. The largest absolute Gasteiger partial charge is 0.491 e. The number of carbonyl (C=O) groups is 1. The van der Waals surface area contributed by atoms with Gasteiger partial charge in [-0.2, -0.15) is 4.39 Å². The number of rotatable bonds is 3. The highest BCUT2D eigenvalue weighted by atomic mass is 35.5. The third kappa shape index (κ3) is 3.13. The van der Waals surface area contributed by atoms with Gasteiger partial charge in [0.15, 0.2) is 17.4 Å². The molecule has 8 heteroatoms. The van der Waals surface area contributed by atoms with Gasteiger partial charge < -0.3 is 9.47 Å². The number of esters is 1. The van der Waals surface area contributed by atoms with Crippen LogP contribution in [-0.2, 0) is 0 Å². The molecule has 0 atom stereocenters. The Bertz CT molecular complexity index is 751. The van der Waals surface area contributed by atoms with Crippen molar-refractivity contribution >= 4 is 29.2 Å². The van der Waals surface area contributed by atoms with E-state index in [1.165, 1.54) is 18.2 Å². The van der Waals surface area contributed by atoms with Crippen LogP contribution in [0.2, 0.25) is 10.0 Å². The molecule has 3 nitrogen and oxygen atoms in total. The lowest BCUT2D eigenvalue weighted by atomic mass is 10.2. The van der Waals surface area contributed by atoms with Crippen molar-refractivity contribution in [3.05, 3.63) is 57.3 Å². The van der Waals surface area contributed by atoms with Crippen LogP contribution in [0, 0.1) is 17.5 Å². The van der Waals surface area contributed by atoms with Gasteiger partial charge in [0.25, 0.3) is 0 Å². The van der Waals surface area contributed by atoms with Crippen molar-refractivity contribution in [2.75, 3.05) is 7.11 Å². The summed E-state index contributed by atoms with van der Waals surface area (Å²) < 4.78 is 49.8. The molecule has 116 valence electrons. The highest BCUT2D eigenvalue weighted by Gasteiger charge is 2.25. The number of methoxy groups -OCH3 is 1. The second-order valence-electron chi connectivity index (χ2n) is 4.03. The van der Waals surface area contributed by atoms with Crippen LogP contribution in [-0.4, -0.2) is 13.1 Å². The summed E-state index contributed by atoms with van der Waals surface area (Å²) in [6.45, 7) is 0. The zero-order valence-electron chi connectivity index (χ0n) is 10.9. The van der Waals surface area contributed by atoms with E-state index in [9.17, 15) is 18.0 Å². The first-order valence-corrected chi connectivity index (χ1v) is 6.49. The summed E-state index contributed by atoms with van der Waals surface area (Å²) in [5, 5.41) is 0.331. The fourth-order valence-electron chi connectivity index (χ4n) is 1.61. The second kappa shape index (κ2) is 6.46. The zero-order chi connectivity index (χ0) is 16.4. The van der Waals surface area contributed by atoms with Gasteiger partial charge in [0.1, 0.15) is 11.3 Å². The van der Waals surface area contributed by atoms with E-state index in [2.05, 4.69) is 4.74 Å². The number of hydrogen-bond donors (Lipinski definition) is 0. The maximum atomic E-state index is 13.9. The van der Waals surface area contributed by atoms with Crippen molar-refractivity contribution in [3.63, 3.8) is 0 Å². The molecule has 0 radical (unpaired) electrons. The predicted molar refractivity (Wildman–Crippen MR) is 74.3 cm³/mol. The number of ether oxygens (including phenoxy) is 2. The Morgan fingerprint density at radius 3 is 2.32 bits per heavy atom. The lowest BCUT2D eigenvalue weighted by Crippen LogP contribution is -2.13. The van der Waals surface area contributed by atoms with Crippen molar-refractivity contribution in [1.29, 1.82) is 0 Å². The number of benzene rings is 2. The number of halogens is 5. The van der Waals surface area contributed by atoms with E-state index >= 15 is 0 Å². The summed E-state index contributed by atoms with van der Waals surface area (Å²) in [5.74, 6) is -6.64. The molecule has 2 rings (SSSR count). The van der Waals surface area contributed by atoms with Crippen LogP contribution in [0.15, 0.2) is 24.3 Å². The Morgan fingerprint density at radius 1 is 1.05 bits per heavy atom. The lowest BCUT2D eigenvalue weighted by molar-refractivity contribution is 0.0728. The number of carbonyl (C=O) groups excluding carboxylic acids is 1. The molecule has 0 heterocycles. The molecular formula is C14H7Cl2F3O3. The van der Waals surface area contributed by atoms with Crippen LogP contribution >= 0.6 is 23.2 Å². The summed E-state index contributed by atoms with van der Waals surface area (Å²) in [4.78, 5) is 11.9. The molecule has 0 aliphatic rings. The first-order valence-electron chi connectivity index (χ1n) is 5.74. The van der Waals surface area contributed by atoms with Gasteiger partial charge in [0, 0.05) is 6.07 Å². The molecule has 0 bridgehead atoms. The topological polar surface area (TPSA) is 35.5 Å². The molecule has 0 aliphatic carbocycles. The quantitative estimate of drug-likeness (QED) is 0.459. The van der Waals surface area contributed by atoms with Crippen molar-refractivity contribution < 1.29 is 27.4 Å². The van der Waals surface area contributed by atoms with Gasteiger partial charge in [-0.1, -0.05) is 23.2 Å². The van der Waals surface area contributed by atoms with Crippen LogP contribution in [0.5, 0.6) is 11.5 Å². The Morgan fingerprint density at radius 2 is 1.73 bits per heavy atom. The Labute approximate surface area is 133 Å². The Hall–Kier alpha value is -1.92. The molecule has 0 N–H and O–H groups in total. The average Bonchev–Trinajstić information content (AvgIpc) is 2.47. The average molecular weight is 351 g/mol. The van der Waals surface area contributed by atoms with Gasteiger partial charge in [0.05, 0.1) is 17.2 Å². The van der Waals surface area contributed by atoms with Crippen molar-refractivity contribution in [2.45, 2.75) is 0 Å². The van der Waals surface area contributed by atoms with Crippen LogP contribution in [0.1, 0.15) is 10.4 Å². The van der Waals surface area contributed by atoms with Crippen molar-refractivity contribution in [1.82, 2.24) is 0 Å². The smallest absolute Gasteiger partial charge is 0.346 e. The molecule has 0 fully saturated rings. The molecule has 2 aromatic rings. The summed E-state index contributed by atoms with van der Waals surface area (Å²) in [6, 6.07) is 4.26. The van der Waals surface area contributed by atoms with E-state index < -0.39 is 34.7 Å². The molecule has 0 saturated heterocycles. The fourth-order valence-corrected chi connectivity index (χ4v) is 1.90. The zero-order valence-corrected chi connectivity index (χ0v) is 12.4. The molecular weight excluding hydrogens is 344 g/mol. The van der Waals surface area contributed by atoms with Gasteiger partial charge in [-0.3, -0.25) is 0 Å². The summed E-state index contributed by atoms with van der Waals surface area (Å²) in [7, 11) is 0.939. The molecule has 0 spiro atoms.